The predicted molar refractivity (Wildman–Crippen MR) is 125 cm³/mol. The zero-order chi connectivity index (χ0) is 23.8. The number of benzene rings is 2. The second-order valence-corrected chi connectivity index (χ2v) is 8.86. The number of nitrogens with one attached hydrogen (secondary N) is 1. The average molecular weight is 553 g/mol. The van der Waals surface area contributed by atoms with Crippen LogP contribution < -0.4 is 10.9 Å². The normalized spacial score (nSPS) is 12.1. The molecule has 0 amide bonds. The summed E-state index contributed by atoms with van der Waals surface area (Å²) in [4.78, 5) is 16.7. The van der Waals surface area contributed by atoms with Gasteiger partial charge in [-0.3, -0.25) is 0 Å². The number of alkyl halides is 3. The minimum atomic E-state index is -4.61. The Balaban J connectivity index is 1.64. The fraction of sp³-hybridized carbons (Fsp3) is 0.0455. The van der Waals surface area contributed by atoms with Crippen LogP contribution in [0.5, 0.6) is 0 Å². The van der Waals surface area contributed by atoms with Gasteiger partial charge in [-0.15, -0.1) is 11.3 Å². The maximum Gasteiger partial charge on any atom is 0.417 e. The average Bonchev–Trinajstić information content (AvgIpc) is 3.24. The molecule has 11 heteroatoms. The Morgan fingerprint density at radius 3 is 2.76 bits per heavy atom. The highest BCUT2D eigenvalue weighted by atomic mass is 79.9. The lowest BCUT2D eigenvalue weighted by molar-refractivity contribution is -0.137. The summed E-state index contributed by atoms with van der Waals surface area (Å²) in [6.07, 6.45) is -3.37. The Kier molecular flexibility index (Phi) is 6.30. The Hall–Kier alpha value is -3.13. The molecule has 4 rings (SSSR count). The highest BCUT2D eigenvalue weighted by Crippen LogP contribution is 2.36. The zero-order valence-corrected chi connectivity index (χ0v) is 19.4. The van der Waals surface area contributed by atoms with Crippen molar-refractivity contribution >= 4 is 61.1 Å². The maximum atomic E-state index is 13.1. The SMILES string of the molecule is N#CC(=CNc1ccc(Cl)c(C(F)(F)F)c1)c1nc(-c2cc3cc(Br)ccc3oc2=O)cs1. The summed E-state index contributed by atoms with van der Waals surface area (Å²) in [5.74, 6) is 0. The summed E-state index contributed by atoms with van der Waals surface area (Å²) in [5.41, 5.74) is -0.445. The lowest BCUT2D eigenvalue weighted by Gasteiger charge is -2.10. The van der Waals surface area contributed by atoms with E-state index in [4.69, 9.17) is 16.0 Å². The van der Waals surface area contributed by atoms with Gasteiger partial charge in [0.1, 0.15) is 22.2 Å². The van der Waals surface area contributed by atoms with Gasteiger partial charge in [0.25, 0.3) is 0 Å². The smallest absolute Gasteiger partial charge is 0.417 e. The number of allylic oxidation sites excluding steroid dienone is 1. The van der Waals surface area contributed by atoms with E-state index in [1.165, 1.54) is 12.3 Å². The van der Waals surface area contributed by atoms with E-state index >= 15 is 0 Å². The highest BCUT2D eigenvalue weighted by Gasteiger charge is 2.33. The third kappa shape index (κ3) is 4.95. The number of nitriles is 1. The van der Waals surface area contributed by atoms with E-state index in [-0.39, 0.29) is 21.8 Å². The summed E-state index contributed by atoms with van der Waals surface area (Å²) in [7, 11) is 0. The van der Waals surface area contributed by atoms with Crippen molar-refractivity contribution in [3.05, 3.63) is 84.5 Å². The molecule has 0 saturated carbocycles. The first-order valence-corrected chi connectivity index (χ1v) is 11.1. The molecule has 0 spiro atoms. The van der Waals surface area contributed by atoms with E-state index < -0.39 is 22.4 Å². The number of aromatic nitrogens is 1. The number of anilines is 1. The molecule has 166 valence electrons. The first-order chi connectivity index (χ1) is 15.7. The van der Waals surface area contributed by atoms with Gasteiger partial charge in [-0.25, -0.2) is 9.78 Å². The first-order valence-electron chi connectivity index (χ1n) is 9.09. The number of rotatable bonds is 4. The van der Waals surface area contributed by atoms with E-state index in [1.807, 2.05) is 6.07 Å². The van der Waals surface area contributed by atoms with Gasteiger partial charge in [-0.2, -0.15) is 18.4 Å². The molecule has 5 nitrogen and oxygen atoms in total. The van der Waals surface area contributed by atoms with Crippen molar-refractivity contribution in [3.63, 3.8) is 0 Å². The monoisotopic (exact) mass is 551 g/mol. The molecule has 0 fully saturated rings. The van der Waals surface area contributed by atoms with E-state index in [9.17, 15) is 23.2 Å². The van der Waals surface area contributed by atoms with Gasteiger partial charge in [-0.1, -0.05) is 27.5 Å². The number of hydrogen-bond acceptors (Lipinski definition) is 6. The first kappa shape index (κ1) is 23.0. The van der Waals surface area contributed by atoms with Crippen molar-refractivity contribution in [2.45, 2.75) is 6.18 Å². The quantitative estimate of drug-likeness (QED) is 0.212. The summed E-state index contributed by atoms with van der Waals surface area (Å²) in [6.45, 7) is 0. The van der Waals surface area contributed by atoms with Crippen molar-refractivity contribution in [1.82, 2.24) is 4.98 Å². The molecular weight excluding hydrogens is 543 g/mol. The molecule has 0 saturated heterocycles. The Morgan fingerprint density at radius 1 is 1.24 bits per heavy atom. The third-order valence-corrected chi connectivity index (χ3v) is 6.18. The van der Waals surface area contributed by atoms with Crippen molar-refractivity contribution < 1.29 is 17.6 Å². The minimum absolute atomic E-state index is 0.0719. The summed E-state index contributed by atoms with van der Waals surface area (Å²) in [6, 6.07) is 12.1. The molecule has 0 atom stereocenters. The van der Waals surface area contributed by atoms with Crippen LogP contribution in [0.2, 0.25) is 5.02 Å². The molecule has 2 aromatic carbocycles. The number of thiazole rings is 1. The van der Waals surface area contributed by atoms with Crippen molar-refractivity contribution in [2.75, 3.05) is 5.32 Å². The van der Waals surface area contributed by atoms with Crippen LogP contribution in [0, 0.1) is 11.3 Å². The number of fused-ring (bicyclic) bond motifs is 1. The van der Waals surface area contributed by atoms with Crippen LogP contribution in [0.15, 0.2) is 67.7 Å². The Labute approximate surface area is 201 Å². The Bertz CT molecular complexity index is 1510. The van der Waals surface area contributed by atoms with Crippen LogP contribution in [0.25, 0.3) is 27.8 Å². The predicted octanol–water partition coefficient (Wildman–Crippen LogP) is 7.33. The van der Waals surface area contributed by atoms with Crippen LogP contribution in [-0.2, 0) is 6.18 Å². The fourth-order valence-corrected chi connectivity index (χ4v) is 4.31. The summed E-state index contributed by atoms with van der Waals surface area (Å²) < 4.78 is 45.3. The van der Waals surface area contributed by atoms with E-state index in [0.717, 1.165) is 27.9 Å². The number of nitrogens with zero attached hydrogens (tertiary/aromatic N) is 2. The molecular formula is C22H10BrClF3N3O2S. The van der Waals surface area contributed by atoms with Crippen molar-refractivity contribution in [3.8, 4) is 17.3 Å². The van der Waals surface area contributed by atoms with Gasteiger partial charge in [0.15, 0.2) is 0 Å². The van der Waals surface area contributed by atoms with Crippen LogP contribution in [-0.4, -0.2) is 4.98 Å². The molecule has 0 aliphatic carbocycles. The van der Waals surface area contributed by atoms with Gasteiger partial charge in [0.05, 0.1) is 21.8 Å². The second kappa shape index (κ2) is 9.02. The molecule has 1 N–H and O–H groups in total. The van der Waals surface area contributed by atoms with E-state index in [2.05, 4.69) is 26.2 Å². The third-order valence-electron chi connectivity index (χ3n) is 4.48. The number of halogens is 5. The molecule has 0 aliphatic rings. The standard InChI is InChI=1S/C22H10BrClF3N3O2S/c23-13-1-4-19-11(5-13)6-15(21(31)32-19)18-10-33-20(30-18)12(8-28)9-29-14-2-3-17(24)16(7-14)22(25,26)27/h1-7,9-10,29H. The lowest BCUT2D eigenvalue weighted by Crippen LogP contribution is -2.06. The Morgan fingerprint density at radius 2 is 2.03 bits per heavy atom. The molecule has 2 heterocycles. The summed E-state index contributed by atoms with van der Waals surface area (Å²) in [5, 5.41) is 14.3. The van der Waals surface area contributed by atoms with Crippen LogP contribution in [0.4, 0.5) is 18.9 Å². The molecule has 0 bridgehead atoms. The highest BCUT2D eigenvalue weighted by molar-refractivity contribution is 9.10. The largest absolute Gasteiger partial charge is 0.422 e. The fourth-order valence-electron chi connectivity index (χ4n) is 2.92. The van der Waals surface area contributed by atoms with Gasteiger partial charge in [0.2, 0.25) is 0 Å². The minimum Gasteiger partial charge on any atom is -0.422 e. The maximum absolute atomic E-state index is 13.1. The molecule has 2 aromatic heterocycles. The van der Waals surface area contributed by atoms with Gasteiger partial charge in [0, 0.05) is 27.1 Å². The van der Waals surface area contributed by atoms with Crippen LogP contribution in [0.1, 0.15) is 10.6 Å². The van der Waals surface area contributed by atoms with Crippen molar-refractivity contribution in [2.24, 2.45) is 0 Å². The molecule has 33 heavy (non-hydrogen) atoms. The van der Waals surface area contributed by atoms with Gasteiger partial charge in [-0.05, 0) is 42.5 Å². The second-order valence-electron chi connectivity index (χ2n) is 6.67. The molecule has 0 unspecified atom stereocenters. The topological polar surface area (TPSA) is 78.9 Å². The van der Waals surface area contributed by atoms with Gasteiger partial charge < -0.3 is 9.73 Å². The van der Waals surface area contributed by atoms with Gasteiger partial charge >= 0.3 is 11.8 Å². The van der Waals surface area contributed by atoms with E-state index in [1.54, 1.807) is 29.6 Å². The van der Waals surface area contributed by atoms with E-state index in [0.29, 0.717) is 16.7 Å². The zero-order valence-electron chi connectivity index (χ0n) is 16.2. The summed E-state index contributed by atoms with van der Waals surface area (Å²) >= 11 is 10.1. The number of hydrogen-bond donors (Lipinski definition) is 1. The molecule has 0 radical (unpaired) electrons. The lowest BCUT2D eigenvalue weighted by atomic mass is 10.1. The van der Waals surface area contributed by atoms with Crippen molar-refractivity contribution in [1.29, 1.82) is 5.26 Å². The molecule has 0 aliphatic heterocycles. The van der Waals surface area contributed by atoms with Crippen LogP contribution in [0.3, 0.4) is 0 Å². The molecule has 4 aromatic rings. The van der Waals surface area contributed by atoms with Crippen LogP contribution >= 0.6 is 38.9 Å².